The lowest BCUT2D eigenvalue weighted by molar-refractivity contribution is -0.135. The van der Waals surface area contributed by atoms with Crippen molar-refractivity contribution in [1.82, 2.24) is 0 Å². The van der Waals surface area contributed by atoms with Crippen LogP contribution in [0.3, 0.4) is 0 Å². The van der Waals surface area contributed by atoms with Crippen molar-refractivity contribution >= 4 is 21.6 Å². The highest BCUT2D eigenvalue weighted by molar-refractivity contribution is 8.77. The maximum absolute atomic E-state index is 12.4. The fourth-order valence-electron chi connectivity index (χ4n) is 0.715. The summed E-state index contributed by atoms with van der Waals surface area (Å²) in [7, 11) is 2.23. The highest BCUT2D eigenvalue weighted by atomic mass is 33.1. The van der Waals surface area contributed by atoms with Crippen molar-refractivity contribution in [2.45, 2.75) is 44.4 Å². The summed E-state index contributed by atoms with van der Waals surface area (Å²) in [5.41, 5.74) is 0. The van der Waals surface area contributed by atoms with Gasteiger partial charge in [-0.25, -0.2) is 0 Å². The van der Waals surface area contributed by atoms with E-state index in [1.165, 1.54) is 10.8 Å². The monoisotopic (exact) mass is 232 g/mol. The summed E-state index contributed by atoms with van der Waals surface area (Å²) in [6.45, 7) is 6.99. The fraction of sp³-hybridized carbons (Fsp3) is 1.00. The van der Waals surface area contributed by atoms with E-state index in [1.54, 1.807) is 13.8 Å². The van der Waals surface area contributed by atoms with E-state index in [-0.39, 0.29) is 11.2 Å². The van der Waals surface area contributed by atoms with E-state index in [0.29, 0.717) is 0 Å². The van der Waals surface area contributed by atoms with Gasteiger partial charge in [0.05, 0.1) is 0 Å². The Morgan fingerprint density at radius 1 is 0.923 bits per heavy atom. The summed E-state index contributed by atoms with van der Waals surface area (Å²) >= 11 is 0. The Bertz CT molecular complexity index is 143. The molecule has 0 aliphatic heterocycles. The number of halogens is 3. The van der Waals surface area contributed by atoms with Crippen molar-refractivity contribution in [2.24, 2.45) is 5.92 Å². The Labute approximate surface area is 85.4 Å². The first-order valence-corrected chi connectivity index (χ1v) is 6.41. The van der Waals surface area contributed by atoms with Crippen LogP contribution < -0.4 is 0 Å². The Kier molecular flexibility index (Phi) is 5.59. The molecule has 0 heterocycles. The van der Waals surface area contributed by atoms with Crippen LogP contribution in [-0.4, -0.2) is 16.7 Å². The molecule has 0 aliphatic carbocycles. The molecule has 0 aromatic rings. The first-order chi connectivity index (χ1) is 5.75. The standard InChI is InChI=1S/C8H15F3S2/c1-5(2)7(8(9,10)11)13-12-6(3)4/h5-7H,1-4H3. The minimum atomic E-state index is -4.08. The van der Waals surface area contributed by atoms with E-state index < -0.39 is 11.4 Å². The lowest BCUT2D eigenvalue weighted by atomic mass is 10.1. The second kappa shape index (κ2) is 5.39. The molecule has 13 heavy (non-hydrogen) atoms. The van der Waals surface area contributed by atoms with Crippen molar-refractivity contribution in [3.63, 3.8) is 0 Å². The van der Waals surface area contributed by atoms with E-state index in [0.717, 1.165) is 10.8 Å². The number of hydrogen-bond donors (Lipinski definition) is 0. The summed E-state index contributed by atoms with van der Waals surface area (Å²) in [4.78, 5) is 0. The highest BCUT2D eigenvalue weighted by Crippen LogP contribution is 2.42. The predicted octanol–water partition coefficient (Wildman–Crippen LogP) is 4.36. The minimum absolute atomic E-state index is 0.230. The van der Waals surface area contributed by atoms with Gasteiger partial charge >= 0.3 is 6.18 Å². The van der Waals surface area contributed by atoms with Crippen LogP contribution >= 0.6 is 21.6 Å². The SMILES string of the molecule is CC(C)SSC(C(C)C)C(F)(F)F. The maximum Gasteiger partial charge on any atom is 0.401 e. The van der Waals surface area contributed by atoms with Crippen LogP contribution in [0.5, 0.6) is 0 Å². The Morgan fingerprint density at radius 2 is 1.38 bits per heavy atom. The second-order valence-corrected chi connectivity index (χ2v) is 6.44. The van der Waals surface area contributed by atoms with Crippen LogP contribution in [0.2, 0.25) is 0 Å². The normalized spacial score (nSPS) is 15.5. The number of alkyl halides is 3. The summed E-state index contributed by atoms with van der Waals surface area (Å²) in [6.07, 6.45) is -4.08. The summed E-state index contributed by atoms with van der Waals surface area (Å²) in [5, 5.41) is -1.02. The molecule has 80 valence electrons. The Hall–Kier alpha value is 0.490. The van der Waals surface area contributed by atoms with Gasteiger partial charge in [0, 0.05) is 5.25 Å². The molecule has 0 bridgehead atoms. The molecule has 0 amide bonds. The van der Waals surface area contributed by atoms with Crippen molar-refractivity contribution in [1.29, 1.82) is 0 Å². The molecule has 1 unspecified atom stereocenters. The van der Waals surface area contributed by atoms with Gasteiger partial charge in [-0.05, 0) is 5.92 Å². The molecule has 0 fully saturated rings. The molecule has 0 aliphatic rings. The van der Waals surface area contributed by atoms with E-state index >= 15 is 0 Å². The molecule has 0 saturated carbocycles. The molecule has 0 nitrogen and oxygen atoms in total. The average molecular weight is 232 g/mol. The van der Waals surface area contributed by atoms with Gasteiger partial charge in [0.2, 0.25) is 0 Å². The molecule has 0 aromatic heterocycles. The molecule has 0 spiro atoms. The highest BCUT2D eigenvalue weighted by Gasteiger charge is 2.42. The predicted molar refractivity (Wildman–Crippen MR) is 55.0 cm³/mol. The first-order valence-electron chi connectivity index (χ1n) is 4.14. The first kappa shape index (κ1) is 13.5. The van der Waals surface area contributed by atoms with Crippen molar-refractivity contribution < 1.29 is 13.2 Å². The third-order valence-corrected chi connectivity index (χ3v) is 4.90. The largest absolute Gasteiger partial charge is 0.401 e. The quantitative estimate of drug-likeness (QED) is 0.660. The summed E-state index contributed by atoms with van der Waals surface area (Å²) < 4.78 is 37.2. The molecular formula is C8H15F3S2. The van der Waals surface area contributed by atoms with Crippen molar-refractivity contribution in [3.8, 4) is 0 Å². The van der Waals surface area contributed by atoms with Gasteiger partial charge in [0.1, 0.15) is 5.25 Å². The van der Waals surface area contributed by atoms with Crippen LogP contribution in [0, 0.1) is 5.92 Å². The molecule has 5 heteroatoms. The third-order valence-electron chi connectivity index (χ3n) is 1.28. The van der Waals surface area contributed by atoms with Gasteiger partial charge in [0.25, 0.3) is 0 Å². The Morgan fingerprint density at radius 3 is 1.62 bits per heavy atom. The van der Waals surface area contributed by atoms with Gasteiger partial charge in [-0.15, -0.1) is 0 Å². The minimum Gasteiger partial charge on any atom is -0.170 e. The van der Waals surface area contributed by atoms with Crippen LogP contribution in [0.4, 0.5) is 13.2 Å². The van der Waals surface area contributed by atoms with Crippen LogP contribution in [-0.2, 0) is 0 Å². The molecule has 0 saturated heterocycles. The Balaban J connectivity index is 4.12. The number of rotatable bonds is 4. The van der Waals surface area contributed by atoms with Crippen LogP contribution in [0.25, 0.3) is 0 Å². The van der Waals surface area contributed by atoms with Gasteiger partial charge in [0.15, 0.2) is 0 Å². The van der Waals surface area contributed by atoms with E-state index in [2.05, 4.69) is 0 Å². The molecule has 1 atom stereocenters. The average Bonchev–Trinajstić information content (AvgIpc) is 1.81. The third kappa shape index (κ3) is 5.73. The molecular weight excluding hydrogens is 217 g/mol. The van der Waals surface area contributed by atoms with Crippen molar-refractivity contribution in [2.75, 3.05) is 0 Å². The topological polar surface area (TPSA) is 0 Å². The van der Waals surface area contributed by atoms with Gasteiger partial charge in [-0.2, -0.15) is 13.2 Å². The zero-order chi connectivity index (χ0) is 10.6. The maximum atomic E-state index is 12.4. The smallest absolute Gasteiger partial charge is 0.170 e. The van der Waals surface area contributed by atoms with Crippen LogP contribution in [0.1, 0.15) is 27.7 Å². The van der Waals surface area contributed by atoms with E-state index in [4.69, 9.17) is 0 Å². The zero-order valence-corrected chi connectivity index (χ0v) is 9.82. The lowest BCUT2D eigenvalue weighted by Gasteiger charge is -2.23. The summed E-state index contributed by atoms with van der Waals surface area (Å²) in [5.74, 6) is -0.365. The van der Waals surface area contributed by atoms with Gasteiger partial charge in [-0.1, -0.05) is 49.3 Å². The fourth-order valence-corrected chi connectivity index (χ4v) is 3.41. The van der Waals surface area contributed by atoms with E-state index in [1.807, 2.05) is 13.8 Å². The van der Waals surface area contributed by atoms with Crippen LogP contribution in [0.15, 0.2) is 0 Å². The van der Waals surface area contributed by atoms with Crippen molar-refractivity contribution in [3.05, 3.63) is 0 Å². The lowest BCUT2D eigenvalue weighted by Crippen LogP contribution is -2.30. The number of hydrogen-bond acceptors (Lipinski definition) is 2. The van der Waals surface area contributed by atoms with E-state index in [9.17, 15) is 13.2 Å². The second-order valence-electron chi connectivity index (χ2n) is 3.45. The molecule has 0 radical (unpaired) electrons. The van der Waals surface area contributed by atoms with Gasteiger partial charge < -0.3 is 0 Å². The summed E-state index contributed by atoms with van der Waals surface area (Å²) in [6, 6.07) is 0. The zero-order valence-electron chi connectivity index (χ0n) is 8.18. The molecule has 0 N–H and O–H groups in total. The molecule has 0 rings (SSSR count). The molecule has 0 aromatic carbocycles. The van der Waals surface area contributed by atoms with Gasteiger partial charge in [-0.3, -0.25) is 0 Å².